The first-order chi connectivity index (χ1) is 12.0. The molecule has 1 aromatic carbocycles. The summed E-state index contributed by atoms with van der Waals surface area (Å²) < 4.78 is 2.08. The van der Waals surface area contributed by atoms with E-state index < -0.39 is 12.0 Å². The van der Waals surface area contributed by atoms with Crippen molar-refractivity contribution in [3.8, 4) is 11.1 Å². The number of hydrogen-bond donors (Lipinski definition) is 2. The van der Waals surface area contributed by atoms with E-state index in [0.717, 1.165) is 33.3 Å². The average molecular weight is 339 g/mol. The highest BCUT2D eigenvalue weighted by Crippen LogP contribution is 2.30. The molecular formula is C20H25N3O2. The van der Waals surface area contributed by atoms with Gasteiger partial charge in [0, 0.05) is 42.5 Å². The minimum Gasteiger partial charge on any atom is -0.480 e. The lowest BCUT2D eigenvalue weighted by molar-refractivity contribution is -0.138. The van der Waals surface area contributed by atoms with Gasteiger partial charge in [0.15, 0.2) is 0 Å². The Labute approximate surface area is 148 Å². The molecule has 0 fully saturated rings. The number of carboxylic acids is 1. The standard InChI is InChI=1S/C18H19N3O2.C2H6/c1-11-14(10-16(19)18(22)23)15-9-13(3-4-17(15)21(11)2)12-5-7-20-8-6-12;1-2/h3-9,16H,10,19H2,1-2H3,(H,22,23);1-2H3. The van der Waals surface area contributed by atoms with Gasteiger partial charge in [-0.2, -0.15) is 0 Å². The highest BCUT2D eigenvalue weighted by Gasteiger charge is 2.19. The highest BCUT2D eigenvalue weighted by atomic mass is 16.4. The van der Waals surface area contributed by atoms with Crippen LogP contribution in [0.25, 0.3) is 22.0 Å². The maximum absolute atomic E-state index is 11.1. The van der Waals surface area contributed by atoms with Crippen molar-refractivity contribution < 1.29 is 9.90 Å². The lowest BCUT2D eigenvalue weighted by Gasteiger charge is -2.07. The second-order valence-corrected chi connectivity index (χ2v) is 5.74. The molecule has 0 aliphatic carbocycles. The van der Waals surface area contributed by atoms with Crippen LogP contribution in [-0.4, -0.2) is 26.7 Å². The number of carbonyl (C=O) groups is 1. The van der Waals surface area contributed by atoms with Crippen molar-refractivity contribution in [3.05, 3.63) is 54.0 Å². The molecule has 0 saturated heterocycles. The maximum Gasteiger partial charge on any atom is 0.320 e. The minimum absolute atomic E-state index is 0.318. The number of pyridine rings is 1. The number of nitrogens with two attached hydrogens (primary N) is 1. The van der Waals surface area contributed by atoms with E-state index in [0.29, 0.717) is 6.42 Å². The fourth-order valence-corrected chi connectivity index (χ4v) is 2.94. The molecule has 3 N–H and O–H groups in total. The van der Waals surface area contributed by atoms with E-state index in [-0.39, 0.29) is 0 Å². The molecule has 3 rings (SSSR count). The number of carboxylic acid groups (broad SMARTS) is 1. The molecule has 0 spiro atoms. The summed E-state index contributed by atoms with van der Waals surface area (Å²) in [4.78, 5) is 15.1. The molecule has 3 aromatic rings. The van der Waals surface area contributed by atoms with Gasteiger partial charge >= 0.3 is 5.97 Å². The second-order valence-electron chi connectivity index (χ2n) is 5.74. The Bertz CT molecular complexity index is 870. The van der Waals surface area contributed by atoms with Crippen LogP contribution in [0.5, 0.6) is 0 Å². The van der Waals surface area contributed by atoms with E-state index in [4.69, 9.17) is 10.8 Å². The summed E-state index contributed by atoms with van der Waals surface area (Å²) in [6.07, 6.45) is 3.84. The van der Waals surface area contributed by atoms with E-state index in [9.17, 15) is 4.79 Å². The van der Waals surface area contributed by atoms with E-state index in [1.165, 1.54) is 0 Å². The van der Waals surface area contributed by atoms with E-state index in [1.54, 1.807) is 12.4 Å². The van der Waals surface area contributed by atoms with E-state index in [2.05, 4.69) is 27.8 Å². The topological polar surface area (TPSA) is 81.1 Å². The summed E-state index contributed by atoms with van der Waals surface area (Å²) in [5.41, 5.74) is 11.0. The van der Waals surface area contributed by atoms with Gasteiger partial charge in [0.2, 0.25) is 0 Å². The number of aliphatic carboxylic acids is 1. The molecule has 25 heavy (non-hydrogen) atoms. The van der Waals surface area contributed by atoms with Crippen LogP contribution >= 0.6 is 0 Å². The maximum atomic E-state index is 11.1. The first-order valence-corrected chi connectivity index (χ1v) is 8.45. The number of hydrogen-bond acceptors (Lipinski definition) is 3. The lowest BCUT2D eigenvalue weighted by atomic mass is 9.99. The predicted molar refractivity (Wildman–Crippen MR) is 102 cm³/mol. The number of fused-ring (bicyclic) bond motifs is 1. The van der Waals surface area contributed by atoms with Gasteiger partial charge in [-0.3, -0.25) is 9.78 Å². The molecule has 0 aliphatic heterocycles. The normalized spacial score (nSPS) is 11.7. The molecule has 0 radical (unpaired) electrons. The molecule has 132 valence electrons. The summed E-state index contributed by atoms with van der Waals surface area (Å²) in [6.45, 7) is 6.00. The smallest absolute Gasteiger partial charge is 0.320 e. The Morgan fingerprint density at radius 3 is 2.44 bits per heavy atom. The zero-order valence-corrected chi connectivity index (χ0v) is 15.2. The van der Waals surface area contributed by atoms with Crippen LogP contribution < -0.4 is 5.73 Å². The Morgan fingerprint density at radius 1 is 1.20 bits per heavy atom. The molecule has 1 unspecified atom stereocenters. The average Bonchev–Trinajstić information content (AvgIpc) is 2.88. The van der Waals surface area contributed by atoms with Gasteiger partial charge in [-0.1, -0.05) is 19.9 Å². The monoisotopic (exact) mass is 339 g/mol. The van der Waals surface area contributed by atoms with Crippen molar-refractivity contribution in [1.29, 1.82) is 0 Å². The van der Waals surface area contributed by atoms with Crippen molar-refractivity contribution in [2.75, 3.05) is 0 Å². The Kier molecular flexibility index (Phi) is 5.93. The molecule has 0 saturated carbocycles. The SMILES string of the molecule is CC.Cc1c(CC(N)C(=O)O)c2cc(-c3ccncc3)ccc2n1C. The third-order valence-corrected chi connectivity index (χ3v) is 4.38. The van der Waals surface area contributed by atoms with Gasteiger partial charge in [0.1, 0.15) is 6.04 Å². The summed E-state index contributed by atoms with van der Waals surface area (Å²) in [5, 5.41) is 10.2. The summed E-state index contributed by atoms with van der Waals surface area (Å²) in [5.74, 6) is -0.980. The summed E-state index contributed by atoms with van der Waals surface area (Å²) in [7, 11) is 1.99. The van der Waals surface area contributed by atoms with Gasteiger partial charge in [0.05, 0.1) is 0 Å². The number of nitrogens with zero attached hydrogens (tertiary/aromatic N) is 2. The first-order valence-electron chi connectivity index (χ1n) is 8.45. The molecule has 0 amide bonds. The van der Waals surface area contributed by atoms with Gasteiger partial charge in [-0.25, -0.2) is 0 Å². The number of rotatable bonds is 4. The van der Waals surface area contributed by atoms with Crippen LogP contribution in [0.3, 0.4) is 0 Å². The Morgan fingerprint density at radius 2 is 1.84 bits per heavy atom. The Hall–Kier alpha value is -2.66. The number of aromatic nitrogens is 2. The van der Waals surface area contributed by atoms with Gasteiger partial charge in [-0.15, -0.1) is 0 Å². The molecule has 2 heterocycles. The van der Waals surface area contributed by atoms with Crippen LogP contribution in [-0.2, 0) is 18.3 Å². The van der Waals surface area contributed by atoms with Crippen LogP contribution in [0.1, 0.15) is 25.1 Å². The molecule has 0 bridgehead atoms. The van der Waals surface area contributed by atoms with Crippen molar-refractivity contribution in [2.24, 2.45) is 12.8 Å². The van der Waals surface area contributed by atoms with Crippen LogP contribution in [0.15, 0.2) is 42.7 Å². The quantitative estimate of drug-likeness (QED) is 0.762. The van der Waals surface area contributed by atoms with Gasteiger partial charge in [-0.05, 0) is 47.9 Å². The van der Waals surface area contributed by atoms with E-state index >= 15 is 0 Å². The molecule has 2 aromatic heterocycles. The van der Waals surface area contributed by atoms with E-state index in [1.807, 2.05) is 40.0 Å². The van der Waals surface area contributed by atoms with Crippen LogP contribution in [0, 0.1) is 6.92 Å². The van der Waals surface area contributed by atoms with Gasteiger partial charge < -0.3 is 15.4 Å². The zero-order chi connectivity index (χ0) is 18.6. The molecule has 0 aliphatic rings. The Balaban J connectivity index is 0.00000109. The zero-order valence-electron chi connectivity index (χ0n) is 15.2. The van der Waals surface area contributed by atoms with Gasteiger partial charge in [0.25, 0.3) is 0 Å². The second kappa shape index (κ2) is 7.94. The fraction of sp³-hybridized carbons (Fsp3) is 0.300. The molecule has 5 nitrogen and oxygen atoms in total. The molecular weight excluding hydrogens is 314 g/mol. The number of aryl methyl sites for hydroxylation is 1. The van der Waals surface area contributed by atoms with Crippen LogP contribution in [0.4, 0.5) is 0 Å². The lowest BCUT2D eigenvalue weighted by Crippen LogP contribution is -2.32. The molecule has 5 heteroatoms. The predicted octanol–water partition coefficient (Wildman–Crippen LogP) is 3.53. The summed E-state index contributed by atoms with van der Waals surface area (Å²) >= 11 is 0. The minimum atomic E-state index is -0.980. The van der Waals surface area contributed by atoms with Crippen molar-refractivity contribution in [2.45, 2.75) is 33.2 Å². The first kappa shape index (κ1) is 18.7. The van der Waals surface area contributed by atoms with Crippen molar-refractivity contribution >= 4 is 16.9 Å². The number of benzene rings is 1. The van der Waals surface area contributed by atoms with Crippen LogP contribution in [0.2, 0.25) is 0 Å². The highest BCUT2D eigenvalue weighted by molar-refractivity contribution is 5.90. The van der Waals surface area contributed by atoms with Crippen molar-refractivity contribution in [3.63, 3.8) is 0 Å². The summed E-state index contributed by atoms with van der Waals surface area (Å²) in [6, 6.07) is 9.25. The largest absolute Gasteiger partial charge is 0.480 e. The molecule has 1 atom stereocenters. The third kappa shape index (κ3) is 3.72. The third-order valence-electron chi connectivity index (χ3n) is 4.38. The fourth-order valence-electron chi connectivity index (χ4n) is 2.94. The van der Waals surface area contributed by atoms with Crippen molar-refractivity contribution in [1.82, 2.24) is 9.55 Å².